The van der Waals surface area contributed by atoms with E-state index >= 15 is 0 Å². The van der Waals surface area contributed by atoms with Gasteiger partial charge in [0.15, 0.2) is 0 Å². The number of aromatic nitrogens is 1. The van der Waals surface area contributed by atoms with Gasteiger partial charge < -0.3 is 15.1 Å². The maximum atomic E-state index is 12.9. The largest absolute Gasteiger partial charge is 0.441 e. The van der Waals surface area contributed by atoms with Crippen molar-refractivity contribution in [2.45, 2.75) is 59.0 Å². The average molecular weight is 370 g/mol. The van der Waals surface area contributed by atoms with Crippen LogP contribution < -0.4 is 16.4 Å². The van der Waals surface area contributed by atoms with Crippen LogP contribution in [0, 0.1) is 16.7 Å². The Morgan fingerprint density at radius 2 is 1.96 bits per heavy atom. The first kappa shape index (κ1) is 20.4. The summed E-state index contributed by atoms with van der Waals surface area (Å²) in [6.45, 7) is 9.58. The number of carbonyl (C=O) groups excluding carboxylic acids is 1. The molecule has 0 radical (unpaired) electrons. The summed E-state index contributed by atoms with van der Waals surface area (Å²) in [5.41, 5.74) is -0.732. The van der Waals surface area contributed by atoms with Gasteiger partial charge in [0.1, 0.15) is 23.0 Å². The number of hydrogen-bond donors (Lipinski definition) is 2. The van der Waals surface area contributed by atoms with E-state index in [4.69, 9.17) is 4.42 Å². The fourth-order valence-electron chi connectivity index (χ4n) is 2.67. The van der Waals surface area contributed by atoms with Gasteiger partial charge in [-0.3, -0.25) is 4.79 Å². The molecule has 1 heterocycles. The van der Waals surface area contributed by atoms with E-state index in [1.54, 1.807) is 31.2 Å². The van der Waals surface area contributed by atoms with E-state index in [2.05, 4.69) is 21.7 Å². The molecule has 2 unspecified atom stereocenters. The molecular formula is C20H26N4O3. The van der Waals surface area contributed by atoms with Gasteiger partial charge in [0, 0.05) is 0 Å². The highest BCUT2D eigenvalue weighted by molar-refractivity contribution is 5.91. The van der Waals surface area contributed by atoms with Gasteiger partial charge in [-0.1, -0.05) is 39.8 Å². The molecule has 0 fully saturated rings. The second-order valence-electron chi connectivity index (χ2n) is 8.07. The minimum atomic E-state index is -0.958. The van der Waals surface area contributed by atoms with Crippen LogP contribution in [0.15, 0.2) is 33.5 Å². The molecule has 0 aliphatic carbocycles. The molecule has 2 N–H and O–H groups in total. The highest BCUT2D eigenvalue weighted by atomic mass is 16.4. The first-order valence-electron chi connectivity index (χ1n) is 8.96. The Balaban J connectivity index is 2.40. The van der Waals surface area contributed by atoms with E-state index in [1.165, 1.54) is 0 Å². The van der Waals surface area contributed by atoms with E-state index in [0.29, 0.717) is 29.6 Å². The number of fused-ring (bicyclic) bond motifs is 1. The van der Waals surface area contributed by atoms with Gasteiger partial charge in [-0.05, 0) is 37.3 Å². The maximum Gasteiger partial charge on any atom is 0.441 e. The molecule has 0 aliphatic rings. The van der Waals surface area contributed by atoms with Gasteiger partial charge >= 0.3 is 5.76 Å². The predicted molar refractivity (Wildman–Crippen MR) is 104 cm³/mol. The molecule has 1 aromatic heterocycles. The normalized spacial score (nSPS) is 14.8. The molecule has 7 nitrogen and oxygen atoms in total. The van der Waals surface area contributed by atoms with Crippen molar-refractivity contribution in [2.75, 3.05) is 5.32 Å². The second-order valence-corrected chi connectivity index (χ2v) is 8.07. The Morgan fingerprint density at radius 3 is 2.56 bits per heavy atom. The molecule has 2 rings (SSSR count). The molecule has 0 spiro atoms. The van der Waals surface area contributed by atoms with Crippen LogP contribution in [0.3, 0.4) is 0 Å². The number of rotatable bonds is 6. The number of benzene rings is 1. The third kappa shape index (κ3) is 5.30. The number of amides is 1. The summed E-state index contributed by atoms with van der Waals surface area (Å²) in [4.78, 5) is 28.6. The van der Waals surface area contributed by atoms with Crippen molar-refractivity contribution in [2.24, 2.45) is 5.41 Å². The third-order valence-electron chi connectivity index (χ3n) is 4.34. The quantitative estimate of drug-likeness (QED) is 0.808. The van der Waals surface area contributed by atoms with E-state index in [0.717, 1.165) is 0 Å². The Kier molecular flexibility index (Phi) is 5.89. The van der Waals surface area contributed by atoms with Crippen LogP contribution in [0.4, 0.5) is 5.82 Å². The fraction of sp³-hybridized carbons (Fsp3) is 0.500. The topological polar surface area (TPSA) is 108 Å². The summed E-state index contributed by atoms with van der Waals surface area (Å²) in [7, 11) is 0. The van der Waals surface area contributed by atoms with Crippen molar-refractivity contribution >= 4 is 22.7 Å². The average Bonchev–Trinajstić information content (AvgIpc) is 2.59. The smallest absolute Gasteiger partial charge is 0.408 e. The van der Waals surface area contributed by atoms with Crippen molar-refractivity contribution in [3.05, 3.63) is 34.8 Å². The molecule has 2 aromatic rings. The summed E-state index contributed by atoms with van der Waals surface area (Å²) in [5.74, 6) is -0.752. The molecule has 27 heavy (non-hydrogen) atoms. The molecule has 0 bridgehead atoms. The minimum Gasteiger partial charge on any atom is -0.408 e. The number of nitrogens with one attached hydrogen (secondary N) is 2. The van der Waals surface area contributed by atoms with Crippen LogP contribution in [0.25, 0.3) is 11.0 Å². The molecule has 2 atom stereocenters. The minimum absolute atomic E-state index is 0.167. The van der Waals surface area contributed by atoms with E-state index < -0.39 is 17.3 Å². The summed E-state index contributed by atoms with van der Waals surface area (Å²) in [6.07, 6.45) is 0.966. The molecule has 0 saturated carbocycles. The summed E-state index contributed by atoms with van der Waals surface area (Å²) in [5, 5.41) is 15.9. The lowest BCUT2D eigenvalue weighted by molar-refractivity contribution is -0.123. The Labute approximate surface area is 158 Å². The van der Waals surface area contributed by atoms with Crippen molar-refractivity contribution < 1.29 is 9.21 Å². The number of carbonyl (C=O) groups is 1. The Morgan fingerprint density at radius 1 is 1.30 bits per heavy atom. The zero-order valence-corrected chi connectivity index (χ0v) is 16.4. The van der Waals surface area contributed by atoms with Crippen LogP contribution >= 0.6 is 0 Å². The zero-order valence-electron chi connectivity index (χ0n) is 16.4. The van der Waals surface area contributed by atoms with Gasteiger partial charge in [0.25, 0.3) is 0 Å². The van der Waals surface area contributed by atoms with Gasteiger partial charge in [0.2, 0.25) is 5.91 Å². The van der Waals surface area contributed by atoms with Gasteiger partial charge in [-0.15, -0.1) is 0 Å². The molecule has 1 aromatic carbocycles. The number of hydrogen-bond acceptors (Lipinski definition) is 6. The molecule has 0 saturated heterocycles. The molecular weight excluding hydrogens is 344 g/mol. The molecule has 1 amide bonds. The van der Waals surface area contributed by atoms with Crippen molar-refractivity contribution in [3.8, 4) is 6.07 Å². The zero-order chi connectivity index (χ0) is 20.2. The molecule has 0 aliphatic heterocycles. The monoisotopic (exact) mass is 370 g/mol. The van der Waals surface area contributed by atoms with Gasteiger partial charge in [-0.2, -0.15) is 10.2 Å². The predicted octanol–water partition coefficient (Wildman–Crippen LogP) is 3.21. The van der Waals surface area contributed by atoms with Crippen molar-refractivity contribution in [1.29, 1.82) is 5.26 Å². The van der Waals surface area contributed by atoms with Crippen molar-refractivity contribution in [1.82, 2.24) is 10.3 Å². The van der Waals surface area contributed by atoms with E-state index in [-0.39, 0.29) is 11.3 Å². The van der Waals surface area contributed by atoms with Gasteiger partial charge in [0.05, 0.1) is 11.5 Å². The number of nitrogens with zero attached hydrogens (tertiary/aromatic N) is 2. The first-order valence-corrected chi connectivity index (χ1v) is 8.96. The van der Waals surface area contributed by atoms with E-state index in [1.807, 2.05) is 27.7 Å². The highest BCUT2D eigenvalue weighted by Gasteiger charge is 2.31. The Hall–Kier alpha value is -2.88. The standard InChI is InChI=1S/C20H26N4O3/c1-6-20(5,12-21)24-17(25)14(11-19(2,3)4)22-16-13-9-7-8-10-15(13)27-18(26)23-16/h7-10,14H,6,11H2,1-5H3,(H,24,25)(H,22,23,26). The lowest BCUT2D eigenvalue weighted by atomic mass is 9.87. The van der Waals surface area contributed by atoms with Crippen LogP contribution in [0.5, 0.6) is 0 Å². The summed E-state index contributed by atoms with van der Waals surface area (Å²) < 4.78 is 5.11. The molecule has 144 valence electrons. The van der Waals surface area contributed by atoms with Crippen molar-refractivity contribution in [3.63, 3.8) is 0 Å². The van der Waals surface area contributed by atoms with Crippen LogP contribution in [-0.4, -0.2) is 22.5 Å². The van der Waals surface area contributed by atoms with Gasteiger partial charge in [-0.25, -0.2) is 4.79 Å². The third-order valence-corrected chi connectivity index (χ3v) is 4.34. The first-order chi connectivity index (χ1) is 12.6. The summed E-state index contributed by atoms with van der Waals surface area (Å²) in [6, 6.07) is 8.48. The van der Waals surface area contributed by atoms with Crippen LogP contribution in [0.2, 0.25) is 0 Å². The highest BCUT2D eigenvalue weighted by Crippen LogP contribution is 2.26. The fourth-order valence-corrected chi connectivity index (χ4v) is 2.67. The molecule has 7 heteroatoms. The lowest BCUT2D eigenvalue weighted by Crippen LogP contribution is -2.51. The number of anilines is 1. The number of para-hydroxylation sites is 1. The van der Waals surface area contributed by atoms with Crippen LogP contribution in [0.1, 0.15) is 47.5 Å². The SMILES string of the molecule is CCC(C)(C#N)NC(=O)C(CC(C)(C)C)Nc1nc(=O)oc2ccccc12. The van der Waals surface area contributed by atoms with E-state index in [9.17, 15) is 14.9 Å². The lowest BCUT2D eigenvalue weighted by Gasteiger charge is -2.30. The van der Waals surface area contributed by atoms with Crippen LogP contribution in [-0.2, 0) is 4.79 Å². The maximum absolute atomic E-state index is 12.9. The second kappa shape index (κ2) is 7.78. The number of nitriles is 1. The Bertz CT molecular complexity index is 923. The summed E-state index contributed by atoms with van der Waals surface area (Å²) >= 11 is 0.